The van der Waals surface area contributed by atoms with E-state index in [0.29, 0.717) is 11.1 Å². The number of rotatable bonds is 19. The van der Waals surface area contributed by atoms with E-state index in [1.54, 1.807) is 37.3 Å². The molecule has 554 valence electrons. The number of ether oxygens (including phenoxy) is 7. The largest absolute Gasteiger partial charge is 0.462 e. The van der Waals surface area contributed by atoms with E-state index in [0.717, 1.165) is 23.3 Å². The lowest BCUT2D eigenvalue weighted by Gasteiger charge is -2.48. The number of fused-ring (bicyclic) bond motifs is 1. The van der Waals surface area contributed by atoms with Gasteiger partial charge in [0.15, 0.2) is 30.7 Å². The van der Waals surface area contributed by atoms with Crippen molar-refractivity contribution < 1.29 is 123 Å². The van der Waals surface area contributed by atoms with Crippen LogP contribution >= 0.6 is 0 Å². The number of nitrogens with one attached hydrogen (secondary N) is 11. The smallest absolute Gasteiger partial charge is 0.246 e. The van der Waals surface area contributed by atoms with Gasteiger partial charge in [0.1, 0.15) is 121 Å². The third-order valence-electron chi connectivity index (χ3n) is 18.9. The average molecular weight is 1430 g/mol. The molecule has 0 bridgehead atoms. The Hall–Kier alpha value is -7.90. The van der Waals surface area contributed by atoms with Gasteiger partial charge in [-0.05, 0) is 35.2 Å². The van der Waals surface area contributed by atoms with Crippen LogP contribution in [0.3, 0.4) is 0 Å². The van der Waals surface area contributed by atoms with Gasteiger partial charge in [0, 0.05) is 31.0 Å². The Morgan fingerprint density at radius 2 is 1.23 bits per heavy atom. The van der Waals surface area contributed by atoms with Gasteiger partial charge in [0.2, 0.25) is 41.7 Å². The fraction of sp³-hybridized carbons (Fsp3) is 0.594. The van der Waals surface area contributed by atoms with Crippen LogP contribution in [-0.4, -0.2) is 306 Å². The summed E-state index contributed by atoms with van der Waals surface area (Å²) < 4.78 is 41.5. The number of carbonyl (C=O) groups excluding carboxylic acids is 6. The predicted molar refractivity (Wildman–Crippen MR) is 342 cm³/mol. The lowest BCUT2D eigenvalue weighted by Crippen LogP contribution is -2.69. The number of nitrogens with zero attached hydrogens (tertiary/aromatic N) is 1. The Balaban J connectivity index is 0.899. The van der Waals surface area contributed by atoms with E-state index in [9.17, 15) is 80.5 Å². The fourth-order valence-electron chi connectivity index (χ4n) is 13.1. The molecule has 26 unspecified atom stereocenters. The minimum absolute atomic E-state index is 0.0470. The molecule has 10 rings (SSSR count). The molecular formula is C64H88N12O25. The van der Waals surface area contributed by atoms with Gasteiger partial charge in [-0.25, -0.2) is 0 Å². The van der Waals surface area contributed by atoms with Crippen LogP contribution in [0.25, 0.3) is 0 Å². The van der Waals surface area contributed by atoms with E-state index < -0.39 is 239 Å². The fourth-order valence-corrected chi connectivity index (χ4v) is 13.1. The molecule has 37 heteroatoms. The van der Waals surface area contributed by atoms with Crippen LogP contribution in [-0.2, 0) is 70.0 Å². The Kier molecular flexibility index (Phi) is 25.1. The van der Waals surface area contributed by atoms with Crippen LogP contribution in [0.4, 0.5) is 0 Å². The number of aryl methyl sites for hydroxylation is 1. The summed E-state index contributed by atoms with van der Waals surface area (Å²) in [5.41, 5.74) is 2.52. The molecule has 7 saturated heterocycles. The van der Waals surface area contributed by atoms with Crippen molar-refractivity contribution in [2.45, 2.75) is 192 Å². The zero-order valence-electron chi connectivity index (χ0n) is 54.7. The molecule has 0 aliphatic carbocycles. The summed E-state index contributed by atoms with van der Waals surface area (Å²) in [6.07, 6.45) is -29.0. The average Bonchev–Trinajstić information content (AvgIpc) is 1.76. The molecule has 0 spiro atoms. The monoisotopic (exact) mass is 1420 g/mol. The Labute approximate surface area is 577 Å². The molecule has 7 fully saturated rings. The second-order valence-electron chi connectivity index (χ2n) is 25.7. The first-order valence-corrected chi connectivity index (χ1v) is 33.0. The van der Waals surface area contributed by atoms with Crippen molar-refractivity contribution in [1.82, 2.24) is 52.8 Å². The molecule has 6 amide bonds. The van der Waals surface area contributed by atoms with Crippen LogP contribution < -0.4 is 52.6 Å². The molecule has 0 saturated carbocycles. The summed E-state index contributed by atoms with van der Waals surface area (Å²) in [5.74, 6) is -9.21. The van der Waals surface area contributed by atoms with E-state index in [1.165, 1.54) is 24.3 Å². The molecule has 3 aromatic rings. The maximum atomic E-state index is 15.2. The zero-order valence-corrected chi connectivity index (χ0v) is 54.7. The van der Waals surface area contributed by atoms with Gasteiger partial charge < -0.3 is 147 Å². The minimum Gasteiger partial charge on any atom is -0.462 e. The number of benzene rings is 3. The Bertz CT molecular complexity index is 3370. The van der Waals surface area contributed by atoms with Gasteiger partial charge in [-0.15, -0.1) is 0 Å². The molecule has 0 aromatic heterocycles. The van der Waals surface area contributed by atoms with Crippen molar-refractivity contribution in [2.75, 3.05) is 46.1 Å². The zero-order chi connectivity index (χ0) is 72.7. The second kappa shape index (κ2) is 33.5. The topological polar surface area (TPSA) is 569 Å². The first-order valence-electron chi connectivity index (χ1n) is 33.0. The normalized spacial score (nSPS) is 36.4. The summed E-state index contributed by atoms with van der Waals surface area (Å²) in [5, 5.41) is 173. The predicted octanol–water partition coefficient (Wildman–Crippen LogP) is -9.48. The molecule has 37 nitrogen and oxygen atoms in total. The van der Waals surface area contributed by atoms with Crippen molar-refractivity contribution in [1.29, 1.82) is 10.8 Å². The van der Waals surface area contributed by atoms with Gasteiger partial charge >= 0.3 is 0 Å². The van der Waals surface area contributed by atoms with E-state index in [-0.39, 0.29) is 30.4 Å². The van der Waals surface area contributed by atoms with Gasteiger partial charge in [-0.2, -0.15) is 0 Å². The third kappa shape index (κ3) is 17.1. The maximum Gasteiger partial charge on any atom is 0.246 e. The summed E-state index contributed by atoms with van der Waals surface area (Å²) in [4.78, 5) is 88.4. The van der Waals surface area contributed by atoms with E-state index >= 15 is 9.59 Å². The Morgan fingerprint density at radius 3 is 1.89 bits per heavy atom. The lowest BCUT2D eigenvalue weighted by molar-refractivity contribution is -0.383. The van der Waals surface area contributed by atoms with Crippen LogP contribution in [0.15, 0.2) is 78.9 Å². The van der Waals surface area contributed by atoms with Crippen molar-refractivity contribution >= 4 is 47.4 Å². The van der Waals surface area contributed by atoms with E-state index in [1.807, 2.05) is 24.3 Å². The quantitative estimate of drug-likeness (QED) is 0.0530. The maximum absolute atomic E-state index is 15.2. The minimum atomic E-state index is -2.36. The third-order valence-corrected chi connectivity index (χ3v) is 18.9. The first kappa shape index (κ1) is 75.8. The van der Waals surface area contributed by atoms with Crippen molar-refractivity contribution in [3.05, 3.63) is 101 Å². The van der Waals surface area contributed by atoms with E-state index in [2.05, 4.69) is 54.8 Å². The standard InChI is InChI=1S/C64H88N12O25/c1-3-7-27-10-14-30(15-11-27)60-95-25-38-53(100-60)48(86)51(89)62(99-38)101-52-37(24-79)98-61(50(88)47(52)85)96-31-16-12-28(13-17-31)18-32-55(91)74-41(43(81)33-19-68-63(65)72-33)58(94)75-42(44(82)35-20-69-64(66)76(35)59-49(87)46(84)45(83)36(23-78)97-59)57(93)71-34(22-77)54(90)67-21-39(80)73-40(56(92)70-32)26(2)29-8-5-4-6-9-29/h4-6,8-17,26,32-38,40-53,59-62,77-79,81-89H,3,7,18-25H2,1-2H3,(H2,66,69)(H,67,90)(H,70,92)(H,71,93)(H,73,80)(H,74,91)(H,75,94)(H3,65,68,72). The molecule has 101 heavy (non-hydrogen) atoms. The van der Waals surface area contributed by atoms with Crippen molar-refractivity contribution in [3.63, 3.8) is 0 Å². The van der Waals surface area contributed by atoms with Crippen molar-refractivity contribution in [3.8, 4) is 5.75 Å². The van der Waals surface area contributed by atoms with Gasteiger partial charge in [-0.1, -0.05) is 87.0 Å². The van der Waals surface area contributed by atoms with Crippen LogP contribution in [0.2, 0.25) is 0 Å². The summed E-state index contributed by atoms with van der Waals surface area (Å²) in [6.45, 7) is -1.03. The summed E-state index contributed by atoms with van der Waals surface area (Å²) in [7, 11) is 0. The van der Waals surface area contributed by atoms with E-state index in [4.69, 9.17) is 44.0 Å². The van der Waals surface area contributed by atoms with Gasteiger partial charge in [0.25, 0.3) is 0 Å². The number of guanidine groups is 2. The highest BCUT2D eigenvalue weighted by molar-refractivity contribution is 5.98. The SMILES string of the molecule is CCCc1ccc(C2OCC3OC(OC4C(CO)OC(Oc5ccc(CC6NC(=O)C(C(C)c7ccccc7)NC(=O)CNC(=O)C(CO)NC(=O)C(C(O)C7CNC(=N)N7C7OC(CO)C(O)C(O)C7O)NC(=O)C(C(O)C7CNC(=N)N7)NC6=O)cc5)C(O)C4O)C(O)C(O)C3O2)cc1. The highest BCUT2D eigenvalue weighted by Crippen LogP contribution is 2.37. The second-order valence-corrected chi connectivity index (χ2v) is 25.7. The highest BCUT2D eigenvalue weighted by Gasteiger charge is 2.56. The lowest BCUT2D eigenvalue weighted by atomic mass is 9.92. The Morgan fingerprint density at radius 1 is 0.584 bits per heavy atom. The molecule has 3 aromatic carbocycles. The van der Waals surface area contributed by atoms with Gasteiger partial charge in [0.05, 0.1) is 45.1 Å². The number of carbonyl (C=O) groups is 6. The number of hydrogen-bond acceptors (Lipinski definition) is 27. The first-order chi connectivity index (χ1) is 48.3. The number of aliphatic hydroxyl groups excluding tert-OH is 12. The molecule has 7 aliphatic heterocycles. The molecule has 26 atom stereocenters. The number of hydrogen-bond donors (Lipinski definition) is 23. The number of amides is 6. The van der Waals surface area contributed by atoms with Gasteiger partial charge in [-0.3, -0.25) is 39.6 Å². The van der Waals surface area contributed by atoms with Crippen LogP contribution in [0.1, 0.15) is 54.7 Å². The summed E-state index contributed by atoms with van der Waals surface area (Å²) in [6, 6.07) is 8.50. The van der Waals surface area contributed by atoms with Crippen LogP contribution in [0.5, 0.6) is 5.75 Å². The molecule has 23 N–H and O–H groups in total. The van der Waals surface area contributed by atoms with Crippen LogP contribution in [0, 0.1) is 10.8 Å². The molecule has 7 aliphatic rings. The molecule has 7 heterocycles. The number of aliphatic hydroxyl groups is 12. The highest BCUT2D eigenvalue weighted by atomic mass is 16.8. The molecule has 0 radical (unpaired) electrons. The molecular weight excluding hydrogens is 1340 g/mol. The van der Waals surface area contributed by atoms with Crippen molar-refractivity contribution in [2.24, 2.45) is 0 Å². The summed E-state index contributed by atoms with van der Waals surface area (Å²) >= 11 is 0.